The van der Waals surface area contributed by atoms with Crippen LogP contribution >= 0.6 is 27.3 Å². The summed E-state index contributed by atoms with van der Waals surface area (Å²) in [6, 6.07) is 3.70. The van der Waals surface area contributed by atoms with Crippen LogP contribution in [0.5, 0.6) is 0 Å². The predicted octanol–water partition coefficient (Wildman–Crippen LogP) is 3.65. The second-order valence-electron chi connectivity index (χ2n) is 3.89. The number of nitrogens with zero attached hydrogens (tertiary/aromatic N) is 2. The van der Waals surface area contributed by atoms with Gasteiger partial charge in [-0.05, 0) is 41.9 Å². The first-order valence-corrected chi connectivity index (χ1v) is 6.73. The number of rotatable bonds is 3. The Bertz CT molecular complexity index is 560. The molecule has 0 aromatic carbocycles. The van der Waals surface area contributed by atoms with Crippen LogP contribution in [0.2, 0.25) is 0 Å². The second-order valence-corrected chi connectivity index (χ2v) is 5.71. The predicted molar refractivity (Wildman–Crippen MR) is 70.6 cm³/mol. The minimum atomic E-state index is -0.999. The third kappa shape index (κ3) is 2.42. The van der Waals surface area contributed by atoms with E-state index in [0.717, 1.165) is 15.0 Å². The molecule has 0 radical (unpaired) electrons. The van der Waals surface area contributed by atoms with E-state index in [2.05, 4.69) is 21.0 Å². The minimum Gasteiger partial charge on any atom is -0.476 e. The van der Waals surface area contributed by atoms with Crippen molar-refractivity contribution in [2.75, 3.05) is 0 Å². The number of halogens is 1. The summed E-state index contributed by atoms with van der Waals surface area (Å²) in [5, 5.41) is 15.0. The van der Waals surface area contributed by atoms with Gasteiger partial charge in [-0.2, -0.15) is 5.10 Å². The number of hydrogen-bond acceptors (Lipinski definition) is 3. The Balaban J connectivity index is 2.55. The van der Waals surface area contributed by atoms with E-state index in [-0.39, 0.29) is 11.7 Å². The highest BCUT2D eigenvalue weighted by molar-refractivity contribution is 9.10. The van der Waals surface area contributed by atoms with Gasteiger partial charge >= 0.3 is 5.97 Å². The molecule has 0 bridgehead atoms. The van der Waals surface area contributed by atoms with Gasteiger partial charge in [-0.25, -0.2) is 4.79 Å². The quantitative estimate of drug-likeness (QED) is 0.940. The molecular formula is C11H11BrN2O2S. The highest BCUT2D eigenvalue weighted by Crippen LogP contribution is 2.31. The van der Waals surface area contributed by atoms with Crippen LogP contribution in [0.1, 0.15) is 30.4 Å². The van der Waals surface area contributed by atoms with Gasteiger partial charge in [-0.15, -0.1) is 11.3 Å². The first-order valence-electron chi connectivity index (χ1n) is 5.06. The first-order chi connectivity index (χ1) is 7.99. The third-order valence-corrected chi connectivity index (χ3v) is 3.98. The van der Waals surface area contributed by atoms with Gasteiger partial charge in [-0.1, -0.05) is 0 Å². The average molecular weight is 315 g/mol. The molecule has 2 aromatic rings. The zero-order valence-corrected chi connectivity index (χ0v) is 11.7. The Morgan fingerprint density at radius 3 is 2.71 bits per heavy atom. The van der Waals surface area contributed by atoms with Gasteiger partial charge in [-0.3, -0.25) is 4.68 Å². The van der Waals surface area contributed by atoms with Gasteiger partial charge in [0.05, 0.1) is 10.6 Å². The molecule has 0 unspecified atom stereocenters. The molecule has 0 amide bonds. The van der Waals surface area contributed by atoms with E-state index in [4.69, 9.17) is 5.11 Å². The van der Waals surface area contributed by atoms with Crippen molar-refractivity contribution in [3.8, 4) is 10.6 Å². The standard InChI is InChI=1S/C11H11BrN2O2S/c1-6(2)14-9(4-8(13-14)11(15)16)10-3-7(12)5-17-10/h3-6H,1-2H3,(H,15,16). The van der Waals surface area contributed by atoms with Crippen molar-refractivity contribution < 1.29 is 9.90 Å². The van der Waals surface area contributed by atoms with E-state index >= 15 is 0 Å². The topological polar surface area (TPSA) is 55.1 Å². The molecule has 17 heavy (non-hydrogen) atoms. The molecule has 0 aliphatic carbocycles. The Kier molecular flexibility index (Phi) is 3.35. The van der Waals surface area contributed by atoms with E-state index in [1.165, 1.54) is 0 Å². The Labute approximate surface area is 111 Å². The van der Waals surface area contributed by atoms with Crippen molar-refractivity contribution in [1.82, 2.24) is 9.78 Å². The lowest BCUT2D eigenvalue weighted by Crippen LogP contribution is -2.06. The molecule has 90 valence electrons. The van der Waals surface area contributed by atoms with Crippen molar-refractivity contribution >= 4 is 33.2 Å². The van der Waals surface area contributed by atoms with E-state index in [1.807, 2.05) is 25.3 Å². The number of carbonyl (C=O) groups is 1. The fourth-order valence-corrected chi connectivity index (χ4v) is 2.96. The molecule has 4 nitrogen and oxygen atoms in total. The van der Waals surface area contributed by atoms with Crippen molar-refractivity contribution in [1.29, 1.82) is 0 Å². The second kappa shape index (κ2) is 4.62. The van der Waals surface area contributed by atoms with Gasteiger partial charge in [0.2, 0.25) is 0 Å². The Morgan fingerprint density at radius 2 is 2.24 bits per heavy atom. The number of carboxylic acid groups (broad SMARTS) is 1. The first kappa shape index (κ1) is 12.3. The molecule has 2 heterocycles. The molecule has 0 saturated carbocycles. The highest BCUT2D eigenvalue weighted by Gasteiger charge is 2.17. The minimum absolute atomic E-state index is 0.0817. The van der Waals surface area contributed by atoms with Crippen LogP contribution in [0.3, 0.4) is 0 Å². The fourth-order valence-electron chi connectivity index (χ4n) is 1.52. The number of aromatic carboxylic acids is 1. The third-order valence-electron chi connectivity index (χ3n) is 2.26. The summed E-state index contributed by atoms with van der Waals surface area (Å²) in [5.74, 6) is -0.999. The molecule has 2 aromatic heterocycles. The number of carboxylic acids is 1. The van der Waals surface area contributed by atoms with E-state index < -0.39 is 5.97 Å². The van der Waals surface area contributed by atoms with Crippen LogP contribution in [0.15, 0.2) is 22.0 Å². The maximum atomic E-state index is 10.9. The van der Waals surface area contributed by atoms with Gasteiger partial charge in [0.15, 0.2) is 5.69 Å². The molecule has 0 fully saturated rings. The van der Waals surface area contributed by atoms with E-state index in [1.54, 1.807) is 22.1 Å². The highest BCUT2D eigenvalue weighted by atomic mass is 79.9. The maximum absolute atomic E-state index is 10.9. The lowest BCUT2D eigenvalue weighted by atomic mass is 10.3. The number of thiophene rings is 1. The van der Waals surface area contributed by atoms with Crippen LogP contribution in [0, 0.1) is 0 Å². The monoisotopic (exact) mass is 314 g/mol. The fraction of sp³-hybridized carbons (Fsp3) is 0.273. The smallest absolute Gasteiger partial charge is 0.356 e. The molecule has 0 atom stereocenters. The van der Waals surface area contributed by atoms with Crippen LogP contribution in [-0.2, 0) is 0 Å². The summed E-state index contributed by atoms with van der Waals surface area (Å²) in [6.07, 6.45) is 0. The Morgan fingerprint density at radius 1 is 1.53 bits per heavy atom. The maximum Gasteiger partial charge on any atom is 0.356 e. The summed E-state index contributed by atoms with van der Waals surface area (Å²) < 4.78 is 2.73. The van der Waals surface area contributed by atoms with Crippen LogP contribution < -0.4 is 0 Å². The summed E-state index contributed by atoms with van der Waals surface area (Å²) in [4.78, 5) is 11.9. The van der Waals surface area contributed by atoms with E-state index in [0.29, 0.717) is 0 Å². The number of hydrogen-bond donors (Lipinski definition) is 1. The van der Waals surface area contributed by atoms with Gasteiger partial charge in [0.1, 0.15) is 0 Å². The summed E-state index contributed by atoms with van der Waals surface area (Å²) in [6.45, 7) is 3.95. The van der Waals surface area contributed by atoms with Crippen molar-refractivity contribution in [3.05, 3.63) is 27.7 Å². The molecule has 1 N–H and O–H groups in total. The molecule has 0 saturated heterocycles. The summed E-state index contributed by atoms with van der Waals surface area (Å²) in [7, 11) is 0. The molecular weight excluding hydrogens is 304 g/mol. The molecule has 0 spiro atoms. The largest absolute Gasteiger partial charge is 0.476 e. The van der Waals surface area contributed by atoms with Gasteiger partial charge in [0, 0.05) is 15.9 Å². The molecule has 0 aliphatic heterocycles. The average Bonchev–Trinajstić information content (AvgIpc) is 2.82. The van der Waals surface area contributed by atoms with Crippen LogP contribution in [0.25, 0.3) is 10.6 Å². The van der Waals surface area contributed by atoms with Crippen molar-refractivity contribution in [2.45, 2.75) is 19.9 Å². The molecule has 0 aliphatic rings. The van der Waals surface area contributed by atoms with Crippen LogP contribution in [-0.4, -0.2) is 20.9 Å². The zero-order chi connectivity index (χ0) is 12.6. The lowest BCUT2D eigenvalue weighted by molar-refractivity contribution is 0.0689. The molecule has 6 heteroatoms. The van der Waals surface area contributed by atoms with Gasteiger partial charge < -0.3 is 5.11 Å². The Hall–Kier alpha value is -1.14. The van der Waals surface area contributed by atoms with Crippen LogP contribution in [0.4, 0.5) is 0 Å². The molecule has 2 rings (SSSR count). The normalized spacial score (nSPS) is 11.1. The zero-order valence-electron chi connectivity index (χ0n) is 9.35. The van der Waals surface area contributed by atoms with Crippen molar-refractivity contribution in [2.24, 2.45) is 0 Å². The number of aromatic nitrogens is 2. The lowest BCUT2D eigenvalue weighted by Gasteiger charge is -2.08. The van der Waals surface area contributed by atoms with Gasteiger partial charge in [0.25, 0.3) is 0 Å². The summed E-state index contributed by atoms with van der Waals surface area (Å²) >= 11 is 4.95. The van der Waals surface area contributed by atoms with E-state index in [9.17, 15) is 4.79 Å². The summed E-state index contributed by atoms with van der Waals surface area (Å²) in [5.41, 5.74) is 0.923. The van der Waals surface area contributed by atoms with Crippen molar-refractivity contribution in [3.63, 3.8) is 0 Å². The SMILES string of the molecule is CC(C)n1nc(C(=O)O)cc1-c1cc(Br)cs1.